The average molecular weight is 378 g/mol. The number of carbonyl (C=O) groups is 1. The van der Waals surface area contributed by atoms with Gasteiger partial charge in [-0.05, 0) is 32.6 Å². The molecule has 8 heteroatoms. The fraction of sp³-hybridized carbons (Fsp3) is 0.737. The van der Waals surface area contributed by atoms with Crippen molar-refractivity contribution < 1.29 is 18.3 Å². The molecule has 2 saturated heterocycles. The summed E-state index contributed by atoms with van der Waals surface area (Å²) in [5.41, 5.74) is 0.640. The number of anilines is 2. The Kier molecular flexibility index (Phi) is 3.50. The van der Waals surface area contributed by atoms with Gasteiger partial charge in [-0.3, -0.25) is 4.79 Å². The number of esters is 1. The molecule has 0 radical (unpaired) electrons. The zero-order valence-electron chi connectivity index (χ0n) is 15.7. The Morgan fingerprint density at radius 3 is 2.59 bits per heavy atom. The molecule has 4 aliphatic rings. The Morgan fingerprint density at radius 1 is 1.26 bits per heavy atom. The normalized spacial score (nSPS) is 27.6. The molecule has 1 spiro atoms. The van der Waals surface area contributed by atoms with Crippen LogP contribution in [0.5, 0.6) is 0 Å². The van der Waals surface area contributed by atoms with Gasteiger partial charge in [-0.15, -0.1) is 0 Å². The summed E-state index contributed by atoms with van der Waals surface area (Å²) in [7, 11) is 1.42. The zero-order valence-corrected chi connectivity index (χ0v) is 15.7. The van der Waals surface area contributed by atoms with Crippen molar-refractivity contribution in [2.45, 2.75) is 51.0 Å². The first kappa shape index (κ1) is 17.1. The van der Waals surface area contributed by atoms with Crippen LogP contribution in [0.2, 0.25) is 0 Å². The third-order valence-corrected chi connectivity index (χ3v) is 6.83. The van der Waals surface area contributed by atoms with Crippen molar-refractivity contribution in [3.63, 3.8) is 0 Å². The summed E-state index contributed by atoms with van der Waals surface area (Å²) in [4.78, 5) is 24.7. The maximum atomic E-state index is 14.4. The quantitative estimate of drug-likeness (QED) is 0.754. The van der Waals surface area contributed by atoms with Crippen molar-refractivity contribution in [3.8, 4) is 0 Å². The van der Waals surface area contributed by atoms with E-state index in [1.807, 2.05) is 4.90 Å². The van der Waals surface area contributed by atoms with Gasteiger partial charge in [0.2, 0.25) is 5.95 Å². The third-order valence-electron chi connectivity index (χ3n) is 6.83. The summed E-state index contributed by atoms with van der Waals surface area (Å²) in [6.07, 6.45) is 2.80. The fourth-order valence-corrected chi connectivity index (χ4v) is 5.09. The van der Waals surface area contributed by atoms with Crippen molar-refractivity contribution in [1.82, 2.24) is 9.97 Å². The first-order valence-corrected chi connectivity index (χ1v) is 9.71. The second kappa shape index (κ2) is 5.52. The van der Waals surface area contributed by atoms with Gasteiger partial charge in [0.25, 0.3) is 5.92 Å². The van der Waals surface area contributed by atoms with E-state index in [0.717, 1.165) is 38.9 Å². The van der Waals surface area contributed by atoms with Crippen LogP contribution >= 0.6 is 0 Å². The number of carbonyl (C=O) groups excluding carboxylic acids is 1. The number of alkyl halides is 2. The monoisotopic (exact) mass is 378 g/mol. The van der Waals surface area contributed by atoms with E-state index in [1.165, 1.54) is 7.11 Å². The highest BCUT2D eigenvalue weighted by molar-refractivity contribution is 5.74. The lowest BCUT2D eigenvalue weighted by Gasteiger charge is -2.59. The number of aromatic nitrogens is 2. The van der Waals surface area contributed by atoms with Crippen LogP contribution in [-0.4, -0.2) is 48.7 Å². The molecular weight excluding hydrogens is 354 g/mol. The highest BCUT2D eigenvalue weighted by Gasteiger charge is 2.56. The molecule has 5 rings (SSSR count). The summed E-state index contributed by atoms with van der Waals surface area (Å²) in [5, 5.41) is 0. The fourth-order valence-electron chi connectivity index (χ4n) is 5.09. The van der Waals surface area contributed by atoms with Crippen LogP contribution in [0.4, 0.5) is 20.5 Å². The second-order valence-corrected chi connectivity index (χ2v) is 8.69. The van der Waals surface area contributed by atoms with Gasteiger partial charge in [0.1, 0.15) is 11.5 Å². The maximum absolute atomic E-state index is 14.4. The Balaban J connectivity index is 1.40. The summed E-state index contributed by atoms with van der Waals surface area (Å²) in [5.74, 6) is -1.92. The number of hydrogen-bond donors (Lipinski definition) is 0. The van der Waals surface area contributed by atoms with Crippen molar-refractivity contribution in [2.75, 3.05) is 36.5 Å². The van der Waals surface area contributed by atoms with Crippen LogP contribution in [-0.2, 0) is 21.9 Å². The van der Waals surface area contributed by atoms with Gasteiger partial charge in [-0.25, -0.2) is 4.98 Å². The Labute approximate surface area is 156 Å². The summed E-state index contributed by atoms with van der Waals surface area (Å²) in [6, 6.07) is 0.293. The van der Waals surface area contributed by atoms with Crippen LogP contribution in [0.15, 0.2) is 0 Å². The topological polar surface area (TPSA) is 58.6 Å². The molecule has 1 aromatic rings. The highest BCUT2D eigenvalue weighted by atomic mass is 19.3. The van der Waals surface area contributed by atoms with E-state index >= 15 is 0 Å². The minimum absolute atomic E-state index is 0.0184. The number of fused-ring (bicyclic) bond motifs is 1. The van der Waals surface area contributed by atoms with E-state index in [1.54, 1.807) is 0 Å². The minimum atomic E-state index is -2.87. The molecule has 3 fully saturated rings. The molecule has 1 atom stereocenters. The van der Waals surface area contributed by atoms with E-state index < -0.39 is 5.92 Å². The van der Waals surface area contributed by atoms with Crippen LogP contribution in [0.3, 0.4) is 0 Å². The van der Waals surface area contributed by atoms with Gasteiger partial charge < -0.3 is 14.5 Å². The molecule has 1 saturated carbocycles. The molecule has 2 aliphatic heterocycles. The number of ether oxygens (including phenoxy) is 1. The molecule has 0 bridgehead atoms. The molecule has 0 N–H and O–H groups in total. The standard InChI is InChI=1S/C19H24F2N4O2/c1-11-4-6-25(11)17-22-14-13(3-5-19(14,20)21)15(23-17)24-9-18(10-24)7-12(8-18)16(26)27-2/h11-12H,3-10H2,1-2H3/t11-/m0/s1. The van der Waals surface area contributed by atoms with E-state index in [4.69, 9.17) is 9.72 Å². The van der Waals surface area contributed by atoms with Gasteiger partial charge in [0.05, 0.1) is 13.0 Å². The molecule has 6 nitrogen and oxygen atoms in total. The van der Waals surface area contributed by atoms with E-state index in [0.29, 0.717) is 29.8 Å². The zero-order chi connectivity index (χ0) is 19.0. The van der Waals surface area contributed by atoms with Gasteiger partial charge in [0, 0.05) is 43.1 Å². The number of nitrogens with zero attached hydrogens (tertiary/aromatic N) is 4. The molecule has 0 unspecified atom stereocenters. The average Bonchev–Trinajstić information content (AvgIpc) is 2.86. The third kappa shape index (κ3) is 2.44. The van der Waals surface area contributed by atoms with Gasteiger partial charge >= 0.3 is 5.97 Å². The van der Waals surface area contributed by atoms with Crippen LogP contribution in [0, 0.1) is 11.3 Å². The number of rotatable bonds is 3. The van der Waals surface area contributed by atoms with Gasteiger partial charge in [-0.2, -0.15) is 13.8 Å². The largest absolute Gasteiger partial charge is 0.469 e. The number of hydrogen-bond acceptors (Lipinski definition) is 6. The molecular formula is C19H24F2N4O2. The van der Waals surface area contributed by atoms with E-state index in [9.17, 15) is 13.6 Å². The lowest BCUT2D eigenvalue weighted by Crippen LogP contribution is -2.64. The second-order valence-electron chi connectivity index (χ2n) is 8.69. The lowest BCUT2D eigenvalue weighted by molar-refractivity contribution is -0.155. The SMILES string of the molecule is COC(=O)C1CC2(C1)CN(c1nc(N3CC[C@@H]3C)nc3c1CCC3(F)F)C2. The first-order valence-electron chi connectivity index (χ1n) is 9.71. The van der Waals surface area contributed by atoms with Crippen molar-refractivity contribution in [2.24, 2.45) is 11.3 Å². The van der Waals surface area contributed by atoms with Crippen LogP contribution in [0.1, 0.15) is 43.9 Å². The molecule has 0 aromatic carbocycles. The van der Waals surface area contributed by atoms with Crippen LogP contribution < -0.4 is 9.80 Å². The molecule has 27 heavy (non-hydrogen) atoms. The van der Waals surface area contributed by atoms with Crippen LogP contribution in [0.25, 0.3) is 0 Å². The molecule has 2 aliphatic carbocycles. The minimum Gasteiger partial charge on any atom is -0.469 e. The Morgan fingerprint density at radius 2 is 2.00 bits per heavy atom. The highest BCUT2D eigenvalue weighted by Crippen LogP contribution is 2.54. The van der Waals surface area contributed by atoms with E-state index in [-0.39, 0.29) is 29.4 Å². The first-order chi connectivity index (χ1) is 12.8. The Hall–Kier alpha value is -1.99. The van der Waals surface area contributed by atoms with Crippen molar-refractivity contribution in [1.29, 1.82) is 0 Å². The Bertz CT molecular complexity index is 801. The predicted molar refractivity (Wildman–Crippen MR) is 95.1 cm³/mol. The number of halogens is 2. The van der Waals surface area contributed by atoms with Crippen molar-refractivity contribution >= 4 is 17.7 Å². The van der Waals surface area contributed by atoms with Gasteiger partial charge in [-0.1, -0.05) is 0 Å². The summed E-state index contributed by atoms with van der Waals surface area (Å²) in [6.45, 7) is 4.42. The molecule has 3 heterocycles. The maximum Gasteiger partial charge on any atom is 0.308 e. The van der Waals surface area contributed by atoms with E-state index in [2.05, 4.69) is 16.8 Å². The van der Waals surface area contributed by atoms with Gasteiger partial charge in [0.15, 0.2) is 0 Å². The molecule has 146 valence electrons. The predicted octanol–water partition coefficient (Wildman–Crippen LogP) is 2.50. The number of methoxy groups -OCH3 is 1. The molecule has 0 amide bonds. The summed E-state index contributed by atoms with van der Waals surface area (Å²) < 4.78 is 33.6. The lowest BCUT2D eigenvalue weighted by atomic mass is 9.57. The smallest absolute Gasteiger partial charge is 0.308 e. The van der Waals surface area contributed by atoms with Crippen molar-refractivity contribution in [3.05, 3.63) is 11.3 Å². The molecule has 1 aromatic heterocycles. The summed E-state index contributed by atoms with van der Waals surface area (Å²) >= 11 is 0.